The van der Waals surface area contributed by atoms with Crippen LogP contribution < -0.4 is 10.5 Å². The third kappa shape index (κ3) is 3.71. The van der Waals surface area contributed by atoms with Gasteiger partial charge in [0, 0.05) is 11.8 Å². The molecule has 0 saturated carbocycles. The van der Waals surface area contributed by atoms with Crippen LogP contribution in [0.1, 0.15) is 18.2 Å². The Hall–Kier alpha value is -4.05. The summed E-state index contributed by atoms with van der Waals surface area (Å²) in [4.78, 5) is 57.7. The molecule has 1 fully saturated rings. The highest BCUT2D eigenvalue weighted by Crippen LogP contribution is 2.26. The van der Waals surface area contributed by atoms with Crippen molar-refractivity contribution in [3.05, 3.63) is 76.2 Å². The smallest absolute Gasteiger partial charge is 0.332 e. The standard InChI is InChI=1S/C24H20N4O5S/c1-14-7-9-17(10-8-14)27-15(2)22(31)26(24(27)32)12-21(30)33-13-16-11-20(29)28-18-5-3-4-6-19(18)34-23(28)25-16/h3-11,15H,12-13H2,1-2H3. The van der Waals surface area contributed by atoms with Gasteiger partial charge in [-0.15, -0.1) is 0 Å². The first-order valence-corrected chi connectivity index (χ1v) is 11.4. The highest BCUT2D eigenvalue weighted by Gasteiger charge is 2.44. The Morgan fingerprint density at radius 3 is 2.59 bits per heavy atom. The summed E-state index contributed by atoms with van der Waals surface area (Å²) in [6, 6.07) is 14.7. The predicted octanol–water partition coefficient (Wildman–Crippen LogP) is 3.12. The third-order valence-corrected chi connectivity index (χ3v) is 6.70. The molecule has 3 amide bonds. The summed E-state index contributed by atoms with van der Waals surface area (Å²) in [5.41, 5.74) is 2.38. The zero-order valence-electron chi connectivity index (χ0n) is 18.4. The number of benzene rings is 2. The Labute approximate surface area is 197 Å². The van der Waals surface area contributed by atoms with E-state index in [9.17, 15) is 19.2 Å². The second-order valence-electron chi connectivity index (χ2n) is 8.02. The van der Waals surface area contributed by atoms with Crippen LogP contribution in [-0.2, 0) is 20.9 Å². The highest BCUT2D eigenvalue weighted by molar-refractivity contribution is 7.23. The number of fused-ring (bicyclic) bond motifs is 3. The number of urea groups is 1. The number of esters is 1. The average Bonchev–Trinajstić information content (AvgIpc) is 3.29. The second kappa shape index (κ2) is 8.38. The number of para-hydroxylation sites is 1. The van der Waals surface area contributed by atoms with E-state index in [1.54, 1.807) is 19.1 Å². The summed E-state index contributed by atoms with van der Waals surface area (Å²) in [5.74, 6) is -1.25. The summed E-state index contributed by atoms with van der Waals surface area (Å²) in [5, 5.41) is 0. The Kier molecular flexibility index (Phi) is 5.37. The Balaban J connectivity index is 1.29. The van der Waals surface area contributed by atoms with Gasteiger partial charge in [0.05, 0.1) is 15.9 Å². The van der Waals surface area contributed by atoms with Crippen LogP contribution in [0.2, 0.25) is 0 Å². The third-order valence-electron chi connectivity index (χ3n) is 5.68. The Bertz CT molecular complexity index is 1510. The maximum Gasteiger partial charge on any atom is 0.332 e. The van der Waals surface area contributed by atoms with Gasteiger partial charge in [0.25, 0.3) is 11.5 Å². The van der Waals surface area contributed by atoms with Gasteiger partial charge in [-0.1, -0.05) is 41.2 Å². The number of nitrogens with zero attached hydrogens (tertiary/aromatic N) is 4. The molecule has 2 aromatic heterocycles. The lowest BCUT2D eigenvalue weighted by Crippen LogP contribution is -2.37. The first-order valence-electron chi connectivity index (χ1n) is 10.6. The van der Waals surface area contributed by atoms with E-state index in [0.29, 0.717) is 16.3 Å². The van der Waals surface area contributed by atoms with Crippen molar-refractivity contribution in [1.29, 1.82) is 0 Å². The van der Waals surface area contributed by atoms with E-state index in [1.165, 1.54) is 26.7 Å². The fourth-order valence-electron chi connectivity index (χ4n) is 3.94. The zero-order chi connectivity index (χ0) is 24.0. The molecule has 34 heavy (non-hydrogen) atoms. The molecule has 1 saturated heterocycles. The van der Waals surface area contributed by atoms with Crippen LogP contribution in [0.4, 0.5) is 10.5 Å². The minimum Gasteiger partial charge on any atom is -0.458 e. The minimum absolute atomic E-state index is 0.244. The van der Waals surface area contributed by atoms with E-state index in [0.717, 1.165) is 20.7 Å². The van der Waals surface area contributed by atoms with Crippen molar-refractivity contribution in [2.45, 2.75) is 26.5 Å². The van der Waals surface area contributed by atoms with Crippen molar-refractivity contribution >= 4 is 50.1 Å². The molecule has 1 aliphatic heterocycles. The van der Waals surface area contributed by atoms with Crippen LogP contribution >= 0.6 is 11.3 Å². The minimum atomic E-state index is -0.766. The Morgan fingerprint density at radius 1 is 1.09 bits per heavy atom. The van der Waals surface area contributed by atoms with Gasteiger partial charge in [-0.2, -0.15) is 0 Å². The largest absolute Gasteiger partial charge is 0.458 e. The lowest BCUT2D eigenvalue weighted by molar-refractivity contribution is -0.148. The summed E-state index contributed by atoms with van der Waals surface area (Å²) < 4.78 is 7.67. The number of anilines is 1. The molecule has 172 valence electrons. The van der Waals surface area contributed by atoms with Crippen molar-refractivity contribution in [2.75, 3.05) is 11.4 Å². The van der Waals surface area contributed by atoms with Gasteiger partial charge >= 0.3 is 12.0 Å². The van der Waals surface area contributed by atoms with Gasteiger partial charge in [-0.25, -0.2) is 9.78 Å². The normalized spacial score (nSPS) is 16.1. The van der Waals surface area contributed by atoms with Crippen LogP contribution in [0.5, 0.6) is 0 Å². The molecule has 0 bridgehead atoms. The molecule has 2 aromatic carbocycles. The fraction of sp³-hybridized carbons (Fsp3) is 0.208. The molecule has 10 heteroatoms. The molecule has 3 heterocycles. The van der Waals surface area contributed by atoms with Crippen molar-refractivity contribution in [3.63, 3.8) is 0 Å². The molecule has 0 N–H and O–H groups in total. The number of thiazole rings is 1. The number of hydrogen-bond donors (Lipinski definition) is 0. The molecule has 1 unspecified atom stereocenters. The first kappa shape index (κ1) is 21.8. The van der Waals surface area contributed by atoms with Crippen molar-refractivity contribution in [1.82, 2.24) is 14.3 Å². The lowest BCUT2D eigenvalue weighted by Gasteiger charge is -2.19. The van der Waals surface area contributed by atoms with Gasteiger partial charge < -0.3 is 4.74 Å². The van der Waals surface area contributed by atoms with Gasteiger partial charge in [0.15, 0.2) is 4.96 Å². The number of aryl methyl sites for hydroxylation is 1. The zero-order valence-corrected chi connectivity index (χ0v) is 19.2. The van der Waals surface area contributed by atoms with Crippen molar-refractivity contribution in [3.8, 4) is 0 Å². The maximum absolute atomic E-state index is 12.9. The molecule has 0 aliphatic carbocycles. The van der Waals surface area contributed by atoms with Crippen LogP contribution in [0.15, 0.2) is 59.4 Å². The fourth-order valence-corrected chi connectivity index (χ4v) is 4.99. The van der Waals surface area contributed by atoms with Crippen LogP contribution in [0, 0.1) is 6.92 Å². The molecule has 1 aliphatic rings. The molecular formula is C24H20N4O5S. The summed E-state index contributed by atoms with van der Waals surface area (Å²) in [7, 11) is 0. The van der Waals surface area contributed by atoms with Crippen molar-refractivity contribution < 1.29 is 19.1 Å². The molecule has 1 atom stereocenters. The molecule has 9 nitrogen and oxygen atoms in total. The number of aromatic nitrogens is 2. The topological polar surface area (TPSA) is 101 Å². The summed E-state index contributed by atoms with van der Waals surface area (Å²) >= 11 is 1.36. The van der Waals surface area contributed by atoms with E-state index in [2.05, 4.69) is 4.98 Å². The van der Waals surface area contributed by atoms with Crippen LogP contribution in [-0.4, -0.2) is 44.8 Å². The predicted molar refractivity (Wildman–Crippen MR) is 127 cm³/mol. The molecule has 0 radical (unpaired) electrons. The second-order valence-corrected chi connectivity index (χ2v) is 9.03. The van der Waals surface area contributed by atoms with Crippen LogP contribution in [0.3, 0.4) is 0 Å². The van der Waals surface area contributed by atoms with Gasteiger partial charge in [-0.3, -0.25) is 28.6 Å². The number of amides is 3. The van der Waals surface area contributed by atoms with Gasteiger partial charge in [0.1, 0.15) is 19.2 Å². The SMILES string of the molecule is Cc1ccc(N2C(=O)N(CC(=O)OCc3cc(=O)n4c(n3)sc3ccccc34)C(=O)C2C)cc1. The summed E-state index contributed by atoms with van der Waals surface area (Å²) in [6.45, 7) is 2.78. The number of carbonyl (C=O) groups is 3. The Morgan fingerprint density at radius 2 is 1.82 bits per heavy atom. The number of ether oxygens (including phenoxy) is 1. The van der Waals surface area contributed by atoms with E-state index in [4.69, 9.17) is 4.74 Å². The lowest BCUT2D eigenvalue weighted by atomic mass is 10.2. The number of hydrogen-bond acceptors (Lipinski definition) is 7. The monoisotopic (exact) mass is 476 g/mol. The molecule has 0 spiro atoms. The quantitative estimate of drug-likeness (QED) is 0.324. The van der Waals surface area contributed by atoms with Gasteiger partial charge in [-0.05, 0) is 38.1 Å². The molecule has 4 aromatic rings. The van der Waals surface area contributed by atoms with Crippen LogP contribution in [0.25, 0.3) is 15.2 Å². The number of carbonyl (C=O) groups excluding carboxylic acids is 3. The maximum atomic E-state index is 12.9. The first-order chi connectivity index (χ1) is 16.3. The number of rotatable bonds is 5. The molecular weight excluding hydrogens is 456 g/mol. The highest BCUT2D eigenvalue weighted by atomic mass is 32.1. The van der Waals surface area contributed by atoms with Crippen molar-refractivity contribution in [2.24, 2.45) is 0 Å². The van der Waals surface area contributed by atoms with E-state index < -0.39 is 30.5 Å². The average molecular weight is 477 g/mol. The van der Waals surface area contributed by atoms with E-state index in [-0.39, 0.29) is 12.2 Å². The van der Waals surface area contributed by atoms with Gasteiger partial charge in [0.2, 0.25) is 0 Å². The summed E-state index contributed by atoms with van der Waals surface area (Å²) in [6.07, 6.45) is 0. The number of imide groups is 1. The van der Waals surface area contributed by atoms with E-state index >= 15 is 0 Å². The molecule has 5 rings (SSSR count). The van der Waals surface area contributed by atoms with E-state index in [1.807, 2.05) is 43.3 Å².